The number of nitrogen functional groups attached to an aromatic ring is 1. The predicted octanol–water partition coefficient (Wildman–Crippen LogP) is 2.88. The molecule has 0 fully saturated rings. The Morgan fingerprint density at radius 2 is 2.33 bits per heavy atom. The highest BCUT2D eigenvalue weighted by Crippen LogP contribution is 2.33. The molecule has 0 bridgehead atoms. The van der Waals surface area contributed by atoms with Crippen molar-refractivity contribution in [3.63, 3.8) is 0 Å². The van der Waals surface area contributed by atoms with Gasteiger partial charge in [-0.3, -0.25) is 0 Å². The van der Waals surface area contributed by atoms with Crippen LogP contribution in [0.15, 0.2) is 0 Å². The summed E-state index contributed by atoms with van der Waals surface area (Å²) in [5.74, 6) is 3.16. The summed E-state index contributed by atoms with van der Waals surface area (Å²) in [6.07, 6.45) is 3.58. The van der Waals surface area contributed by atoms with Gasteiger partial charge in [0.1, 0.15) is 11.6 Å². The summed E-state index contributed by atoms with van der Waals surface area (Å²) in [7, 11) is 0. The molecule has 0 saturated carbocycles. The molecule has 2 N–H and O–H groups in total. The molecule has 0 spiro atoms. The number of nitrogens with zero attached hydrogens (tertiary/aromatic N) is 2. The third-order valence-corrected chi connectivity index (χ3v) is 3.60. The Morgan fingerprint density at radius 1 is 1.60 bits per heavy atom. The SMILES string of the molecule is CCC(C)c1nc2n(c1N)CCCC2C. The van der Waals surface area contributed by atoms with Crippen molar-refractivity contribution >= 4 is 5.82 Å². The molecule has 2 rings (SSSR count). The Hall–Kier alpha value is -0.990. The van der Waals surface area contributed by atoms with E-state index >= 15 is 0 Å². The molecular formula is C12H21N3. The minimum Gasteiger partial charge on any atom is -0.384 e. The van der Waals surface area contributed by atoms with Crippen molar-refractivity contribution < 1.29 is 0 Å². The molecule has 1 aromatic rings. The maximum absolute atomic E-state index is 6.16. The number of fused-ring (bicyclic) bond motifs is 1. The van der Waals surface area contributed by atoms with Gasteiger partial charge in [0.15, 0.2) is 0 Å². The quantitative estimate of drug-likeness (QED) is 0.810. The van der Waals surface area contributed by atoms with Crippen LogP contribution < -0.4 is 5.73 Å². The number of rotatable bonds is 2. The number of hydrogen-bond donors (Lipinski definition) is 1. The highest BCUT2D eigenvalue weighted by molar-refractivity contribution is 5.41. The third kappa shape index (κ3) is 1.64. The van der Waals surface area contributed by atoms with Crippen molar-refractivity contribution in [3.05, 3.63) is 11.5 Å². The fourth-order valence-electron chi connectivity index (χ4n) is 2.35. The van der Waals surface area contributed by atoms with Crippen molar-refractivity contribution in [3.8, 4) is 0 Å². The monoisotopic (exact) mass is 207 g/mol. The molecule has 0 aromatic carbocycles. The van der Waals surface area contributed by atoms with Crippen LogP contribution in [0.3, 0.4) is 0 Å². The number of imidazole rings is 1. The van der Waals surface area contributed by atoms with E-state index in [0.29, 0.717) is 11.8 Å². The van der Waals surface area contributed by atoms with Gasteiger partial charge in [0.25, 0.3) is 0 Å². The van der Waals surface area contributed by atoms with Gasteiger partial charge in [0.2, 0.25) is 0 Å². The van der Waals surface area contributed by atoms with E-state index in [2.05, 4.69) is 25.3 Å². The molecule has 1 aliphatic heterocycles. The standard InChI is InChI=1S/C12H21N3/c1-4-8(2)10-11(13)15-7-5-6-9(3)12(15)14-10/h8-9H,4-7,13H2,1-3H3. The lowest BCUT2D eigenvalue weighted by Crippen LogP contribution is -2.15. The fourth-order valence-corrected chi connectivity index (χ4v) is 2.35. The van der Waals surface area contributed by atoms with Crippen LogP contribution in [0.5, 0.6) is 0 Å². The van der Waals surface area contributed by atoms with Crippen LogP contribution in [0.4, 0.5) is 5.82 Å². The van der Waals surface area contributed by atoms with E-state index in [1.165, 1.54) is 18.7 Å². The summed E-state index contributed by atoms with van der Waals surface area (Å²) >= 11 is 0. The molecule has 1 aliphatic rings. The first-order valence-electron chi connectivity index (χ1n) is 6.00. The van der Waals surface area contributed by atoms with Crippen LogP contribution in [0.2, 0.25) is 0 Å². The second-order valence-electron chi connectivity index (χ2n) is 4.74. The first-order valence-corrected chi connectivity index (χ1v) is 6.00. The Labute approximate surface area is 91.7 Å². The van der Waals surface area contributed by atoms with Gasteiger partial charge in [0, 0.05) is 18.4 Å². The second kappa shape index (κ2) is 3.87. The lowest BCUT2D eigenvalue weighted by atomic mass is 10.0. The topological polar surface area (TPSA) is 43.8 Å². The van der Waals surface area contributed by atoms with E-state index < -0.39 is 0 Å². The lowest BCUT2D eigenvalue weighted by Gasteiger charge is -2.20. The van der Waals surface area contributed by atoms with Gasteiger partial charge < -0.3 is 10.3 Å². The molecule has 0 aliphatic carbocycles. The van der Waals surface area contributed by atoms with Crippen LogP contribution in [0, 0.1) is 0 Å². The van der Waals surface area contributed by atoms with E-state index in [-0.39, 0.29) is 0 Å². The Kier molecular flexibility index (Phi) is 2.72. The van der Waals surface area contributed by atoms with Crippen LogP contribution >= 0.6 is 0 Å². The van der Waals surface area contributed by atoms with Crippen molar-refractivity contribution in [1.29, 1.82) is 0 Å². The molecule has 1 aromatic heterocycles. The van der Waals surface area contributed by atoms with Crippen LogP contribution in [-0.4, -0.2) is 9.55 Å². The van der Waals surface area contributed by atoms with Crippen LogP contribution in [-0.2, 0) is 6.54 Å². The van der Waals surface area contributed by atoms with Crippen LogP contribution in [0.1, 0.15) is 63.4 Å². The van der Waals surface area contributed by atoms with Gasteiger partial charge in [-0.2, -0.15) is 0 Å². The maximum Gasteiger partial charge on any atom is 0.127 e. The summed E-state index contributed by atoms with van der Waals surface area (Å²) in [5, 5.41) is 0. The summed E-state index contributed by atoms with van der Waals surface area (Å²) < 4.78 is 2.22. The number of hydrogen-bond acceptors (Lipinski definition) is 2. The molecule has 0 radical (unpaired) electrons. The van der Waals surface area contributed by atoms with E-state index in [1.807, 2.05) is 0 Å². The average Bonchev–Trinajstić information content (AvgIpc) is 2.57. The molecule has 3 heteroatoms. The average molecular weight is 207 g/mol. The molecule has 2 atom stereocenters. The highest BCUT2D eigenvalue weighted by Gasteiger charge is 2.24. The zero-order valence-electron chi connectivity index (χ0n) is 9.95. The third-order valence-electron chi connectivity index (χ3n) is 3.60. The summed E-state index contributed by atoms with van der Waals surface area (Å²) in [4.78, 5) is 4.74. The van der Waals surface area contributed by atoms with E-state index in [1.54, 1.807) is 0 Å². The largest absolute Gasteiger partial charge is 0.384 e. The Morgan fingerprint density at radius 3 is 2.93 bits per heavy atom. The van der Waals surface area contributed by atoms with Gasteiger partial charge in [-0.15, -0.1) is 0 Å². The number of nitrogens with two attached hydrogens (primary N) is 1. The zero-order chi connectivity index (χ0) is 11.0. The van der Waals surface area contributed by atoms with Crippen molar-refractivity contribution in [2.75, 3.05) is 5.73 Å². The van der Waals surface area contributed by atoms with Gasteiger partial charge in [-0.1, -0.05) is 20.8 Å². The fraction of sp³-hybridized carbons (Fsp3) is 0.750. The second-order valence-corrected chi connectivity index (χ2v) is 4.74. The molecule has 3 nitrogen and oxygen atoms in total. The van der Waals surface area contributed by atoms with Crippen molar-refractivity contribution in [2.45, 2.75) is 58.4 Å². The number of aromatic nitrogens is 2. The minimum atomic E-state index is 0.482. The van der Waals surface area contributed by atoms with Gasteiger partial charge in [0.05, 0.1) is 5.69 Å². The highest BCUT2D eigenvalue weighted by atomic mass is 15.2. The molecule has 2 unspecified atom stereocenters. The Bertz CT molecular complexity index is 354. The molecule has 0 amide bonds. The first-order chi connectivity index (χ1) is 7.15. The van der Waals surface area contributed by atoms with E-state index in [9.17, 15) is 0 Å². The normalized spacial score (nSPS) is 22.5. The minimum absolute atomic E-state index is 0.482. The van der Waals surface area contributed by atoms with E-state index in [0.717, 1.165) is 24.5 Å². The molecule has 84 valence electrons. The molecule has 2 heterocycles. The molecule has 0 saturated heterocycles. The van der Waals surface area contributed by atoms with Gasteiger partial charge >= 0.3 is 0 Å². The van der Waals surface area contributed by atoms with Gasteiger partial charge in [-0.25, -0.2) is 4.98 Å². The molecular weight excluding hydrogens is 186 g/mol. The smallest absolute Gasteiger partial charge is 0.127 e. The maximum atomic E-state index is 6.16. The van der Waals surface area contributed by atoms with Gasteiger partial charge in [-0.05, 0) is 19.3 Å². The van der Waals surface area contributed by atoms with Crippen LogP contribution in [0.25, 0.3) is 0 Å². The predicted molar refractivity (Wildman–Crippen MR) is 63.0 cm³/mol. The summed E-state index contributed by atoms with van der Waals surface area (Å²) in [5.41, 5.74) is 7.28. The zero-order valence-corrected chi connectivity index (χ0v) is 9.95. The lowest BCUT2D eigenvalue weighted by molar-refractivity contribution is 0.467. The van der Waals surface area contributed by atoms with Crippen molar-refractivity contribution in [1.82, 2.24) is 9.55 Å². The number of anilines is 1. The first kappa shape index (κ1) is 10.5. The molecule has 15 heavy (non-hydrogen) atoms. The Balaban J connectivity index is 2.43. The van der Waals surface area contributed by atoms with E-state index in [4.69, 9.17) is 10.7 Å². The summed E-state index contributed by atoms with van der Waals surface area (Å²) in [6.45, 7) is 7.69. The summed E-state index contributed by atoms with van der Waals surface area (Å²) in [6, 6.07) is 0. The van der Waals surface area contributed by atoms with Crippen molar-refractivity contribution in [2.24, 2.45) is 0 Å².